The van der Waals surface area contributed by atoms with Gasteiger partial charge in [0.15, 0.2) is 0 Å². The van der Waals surface area contributed by atoms with E-state index in [1.807, 2.05) is 45.3 Å². The normalized spacial score (nSPS) is 14.9. The average Bonchev–Trinajstić information content (AvgIpc) is 2.90. The summed E-state index contributed by atoms with van der Waals surface area (Å²) in [6.07, 6.45) is 0. The lowest BCUT2D eigenvalue weighted by atomic mass is 10.0. The van der Waals surface area contributed by atoms with Crippen molar-refractivity contribution in [3.8, 4) is 5.75 Å². The fourth-order valence-electron chi connectivity index (χ4n) is 4.54. The molecule has 0 bridgehead atoms. The summed E-state index contributed by atoms with van der Waals surface area (Å²) in [4.78, 5) is 20.0. The van der Waals surface area contributed by atoms with Crippen LogP contribution in [0.2, 0.25) is 0 Å². The van der Waals surface area contributed by atoms with Crippen LogP contribution in [-0.4, -0.2) is 64.2 Å². The molecule has 1 amide bonds. The second-order valence-corrected chi connectivity index (χ2v) is 9.03. The fraction of sp³-hybridized carbons (Fsp3) is 0.345. The van der Waals surface area contributed by atoms with Gasteiger partial charge in [0.05, 0.1) is 12.6 Å². The summed E-state index contributed by atoms with van der Waals surface area (Å²) in [6, 6.07) is 26.7. The van der Waals surface area contributed by atoms with E-state index in [-0.39, 0.29) is 11.9 Å². The molecule has 1 N–H and O–H groups in total. The van der Waals surface area contributed by atoms with E-state index in [4.69, 9.17) is 4.74 Å². The molecule has 0 saturated carbocycles. The second kappa shape index (κ2) is 11.8. The first-order chi connectivity index (χ1) is 17.0. The number of amides is 1. The number of ether oxygens (including phenoxy) is 1. The van der Waals surface area contributed by atoms with Crippen molar-refractivity contribution in [1.29, 1.82) is 0 Å². The third-order valence-corrected chi connectivity index (χ3v) is 6.55. The molecule has 0 aliphatic carbocycles. The van der Waals surface area contributed by atoms with Crippen molar-refractivity contribution in [2.45, 2.75) is 13.0 Å². The molecule has 3 aromatic rings. The number of rotatable bonds is 9. The van der Waals surface area contributed by atoms with Crippen molar-refractivity contribution in [3.63, 3.8) is 0 Å². The molecule has 0 radical (unpaired) electrons. The minimum Gasteiger partial charge on any atom is -0.494 e. The number of hydrogen-bond donors (Lipinski definition) is 1. The first-order valence-corrected chi connectivity index (χ1v) is 12.4. The van der Waals surface area contributed by atoms with Gasteiger partial charge in [-0.15, -0.1) is 0 Å². The number of nitrogens with zero attached hydrogens (tertiary/aromatic N) is 3. The molecular weight excluding hydrogens is 436 g/mol. The highest BCUT2D eigenvalue weighted by Gasteiger charge is 2.26. The molecule has 35 heavy (non-hydrogen) atoms. The van der Waals surface area contributed by atoms with Crippen LogP contribution >= 0.6 is 0 Å². The second-order valence-electron chi connectivity index (χ2n) is 9.03. The van der Waals surface area contributed by atoms with Crippen LogP contribution in [0.1, 0.15) is 28.9 Å². The standard InChI is InChI=1S/C29H36N4O2/c1-4-35-27-16-12-24(13-17-27)29(34)30-22-28(23-10-14-25(15-11-23)31(2)3)33-20-18-32(19-21-33)26-8-6-5-7-9-26/h5-17,28H,4,18-22H2,1-3H3,(H,30,34)/t28-/m1/s1. The van der Waals surface area contributed by atoms with Crippen LogP contribution in [0.3, 0.4) is 0 Å². The summed E-state index contributed by atoms with van der Waals surface area (Å²) < 4.78 is 5.50. The monoisotopic (exact) mass is 472 g/mol. The zero-order valence-electron chi connectivity index (χ0n) is 21.0. The van der Waals surface area contributed by atoms with E-state index in [0.717, 1.165) is 31.9 Å². The minimum atomic E-state index is -0.0640. The Balaban J connectivity index is 1.46. The molecule has 1 saturated heterocycles. The third kappa shape index (κ3) is 6.34. The van der Waals surface area contributed by atoms with Crippen LogP contribution in [0, 0.1) is 0 Å². The van der Waals surface area contributed by atoms with E-state index in [1.54, 1.807) is 0 Å². The Hall–Kier alpha value is -3.51. The van der Waals surface area contributed by atoms with Crippen LogP contribution in [-0.2, 0) is 0 Å². The number of anilines is 2. The van der Waals surface area contributed by atoms with E-state index in [1.165, 1.54) is 16.9 Å². The summed E-state index contributed by atoms with van der Waals surface area (Å²) in [5.74, 6) is 0.713. The number of carbonyl (C=O) groups is 1. The predicted octanol–water partition coefficient (Wildman–Crippen LogP) is 4.44. The molecule has 6 heteroatoms. The number of piperazine rings is 1. The summed E-state index contributed by atoms with van der Waals surface area (Å²) in [5, 5.41) is 3.18. The van der Waals surface area contributed by atoms with Crippen LogP contribution in [0.5, 0.6) is 5.75 Å². The van der Waals surface area contributed by atoms with Gasteiger partial charge in [-0.2, -0.15) is 0 Å². The number of nitrogens with one attached hydrogen (secondary N) is 1. The lowest BCUT2D eigenvalue weighted by Gasteiger charge is -2.40. The molecular formula is C29H36N4O2. The molecule has 1 heterocycles. The summed E-state index contributed by atoms with van der Waals surface area (Å²) in [7, 11) is 4.10. The summed E-state index contributed by atoms with van der Waals surface area (Å²) >= 11 is 0. The average molecular weight is 473 g/mol. The van der Waals surface area contributed by atoms with Gasteiger partial charge in [-0.05, 0) is 61.0 Å². The fourth-order valence-corrected chi connectivity index (χ4v) is 4.54. The molecule has 184 valence electrons. The Morgan fingerprint density at radius 2 is 1.57 bits per heavy atom. The first kappa shape index (κ1) is 24.6. The molecule has 6 nitrogen and oxygen atoms in total. The van der Waals surface area contributed by atoms with Crippen molar-refractivity contribution < 1.29 is 9.53 Å². The van der Waals surface area contributed by atoms with Crippen molar-refractivity contribution in [2.24, 2.45) is 0 Å². The summed E-state index contributed by atoms with van der Waals surface area (Å²) in [6.45, 7) is 6.91. The van der Waals surface area contributed by atoms with Crippen LogP contribution in [0.4, 0.5) is 11.4 Å². The lowest BCUT2D eigenvalue weighted by Crippen LogP contribution is -2.50. The molecule has 1 fully saturated rings. The zero-order chi connectivity index (χ0) is 24.6. The molecule has 0 unspecified atom stereocenters. The van der Waals surface area contributed by atoms with Crippen molar-refractivity contribution in [3.05, 3.63) is 90.0 Å². The largest absolute Gasteiger partial charge is 0.494 e. The quantitative estimate of drug-likeness (QED) is 0.499. The predicted molar refractivity (Wildman–Crippen MR) is 144 cm³/mol. The minimum absolute atomic E-state index is 0.0640. The van der Waals surface area contributed by atoms with Crippen molar-refractivity contribution in [2.75, 3.05) is 63.2 Å². The molecule has 3 aromatic carbocycles. The highest BCUT2D eigenvalue weighted by atomic mass is 16.5. The highest BCUT2D eigenvalue weighted by Crippen LogP contribution is 2.26. The molecule has 1 atom stereocenters. The van der Waals surface area contributed by atoms with Crippen LogP contribution < -0.4 is 19.9 Å². The van der Waals surface area contributed by atoms with E-state index >= 15 is 0 Å². The maximum Gasteiger partial charge on any atom is 0.251 e. The lowest BCUT2D eigenvalue weighted by molar-refractivity contribution is 0.0930. The van der Waals surface area contributed by atoms with Gasteiger partial charge in [0.1, 0.15) is 5.75 Å². The molecule has 4 rings (SSSR count). The van der Waals surface area contributed by atoms with Gasteiger partial charge >= 0.3 is 0 Å². The zero-order valence-corrected chi connectivity index (χ0v) is 21.0. The number of para-hydroxylation sites is 1. The summed E-state index contributed by atoms with van der Waals surface area (Å²) in [5.41, 5.74) is 4.29. The van der Waals surface area contributed by atoms with Gasteiger partial charge in [0.25, 0.3) is 5.91 Å². The SMILES string of the molecule is CCOc1ccc(C(=O)NC[C@H](c2ccc(N(C)C)cc2)N2CCN(c3ccccc3)CC2)cc1. The topological polar surface area (TPSA) is 48.1 Å². The van der Waals surface area contributed by atoms with Crippen molar-refractivity contribution >= 4 is 17.3 Å². The highest BCUT2D eigenvalue weighted by molar-refractivity contribution is 5.94. The van der Waals surface area contributed by atoms with Crippen LogP contribution in [0.25, 0.3) is 0 Å². The third-order valence-electron chi connectivity index (χ3n) is 6.55. The Morgan fingerprint density at radius 3 is 2.17 bits per heavy atom. The maximum absolute atomic E-state index is 12.9. The number of hydrogen-bond acceptors (Lipinski definition) is 5. The van der Waals surface area contributed by atoms with Gasteiger partial charge in [0.2, 0.25) is 0 Å². The van der Waals surface area contributed by atoms with E-state index in [0.29, 0.717) is 18.7 Å². The van der Waals surface area contributed by atoms with Gasteiger partial charge in [0, 0.05) is 63.8 Å². The van der Waals surface area contributed by atoms with Crippen molar-refractivity contribution in [1.82, 2.24) is 10.2 Å². The van der Waals surface area contributed by atoms with Gasteiger partial charge in [-0.3, -0.25) is 9.69 Å². The molecule has 0 spiro atoms. The molecule has 0 aromatic heterocycles. The Kier molecular flexibility index (Phi) is 8.27. The Morgan fingerprint density at radius 1 is 0.914 bits per heavy atom. The Bertz CT molecular complexity index is 1060. The van der Waals surface area contributed by atoms with Crippen LogP contribution in [0.15, 0.2) is 78.9 Å². The van der Waals surface area contributed by atoms with Gasteiger partial charge < -0.3 is 19.9 Å². The maximum atomic E-state index is 12.9. The molecule has 1 aliphatic heterocycles. The van der Waals surface area contributed by atoms with E-state index < -0.39 is 0 Å². The van der Waals surface area contributed by atoms with Gasteiger partial charge in [-0.25, -0.2) is 0 Å². The van der Waals surface area contributed by atoms with E-state index in [9.17, 15) is 4.79 Å². The number of benzene rings is 3. The molecule has 1 aliphatic rings. The Labute approximate surface area is 209 Å². The smallest absolute Gasteiger partial charge is 0.251 e. The first-order valence-electron chi connectivity index (χ1n) is 12.4. The van der Waals surface area contributed by atoms with Gasteiger partial charge in [-0.1, -0.05) is 30.3 Å². The number of carbonyl (C=O) groups excluding carboxylic acids is 1. The van der Waals surface area contributed by atoms with E-state index in [2.05, 4.69) is 74.6 Å².